The summed E-state index contributed by atoms with van der Waals surface area (Å²) in [6.07, 6.45) is 3.32. The van der Waals surface area contributed by atoms with Crippen molar-refractivity contribution in [1.29, 1.82) is 0 Å². The van der Waals surface area contributed by atoms with Gasteiger partial charge in [-0.15, -0.1) is 6.58 Å². The molecule has 5 atom stereocenters. The summed E-state index contributed by atoms with van der Waals surface area (Å²) in [7, 11) is 0. The zero-order valence-corrected chi connectivity index (χ0v) is 32.2. The van der Waals surface area contributed by atoms with Gasteiger partial charge in [0.1, 0.15) is 18.7 Å². The van der Waals surface area contributed by atoms with Crippen molar-refractivity contribution in [3.8, 4) is 0 Å². The topological polar surface area (TPSA) is 175 Å². The first-order valence-electron chi connectivity index (χ1n) is 18.6. The summed E-state index contributed by atoms with van der Waals surface area (Å²) in [6.45, 7) is 19.1. The molecule has 5 N–H and O–H groups in total. The van der Waals surface area contributed by atoms with Crippen LogP contribution in [0.1, 0.15) is 85.8 Å². The molecule has 6 amide bonds. The van der Waals surface area contributed by atoms with Crippen LogP contribution in [0.15, 0.2) is 36.9 Å². The van der Waals surface area contributed by atoms with Crippen molar-refractivity contribution in [1.82, 2.24) is 31.5 Å². The van der Waals surface area contributed by atoms with Crippen LogP contribution in [-0.2, 0) is 36.8 Å². The molecule has 13 heteroatoms. The van der Waals surface area contributed by atoms with Gasteiger partial charge in [-0.25, -0.2) is 9.59 Å². The van der Waals surface area contributed by atoms with Crippen LogP contribution in [0.25, 0.3) is 0 Å². The number of rotatable bonds is 16. The Morgan fingerprint density at radius 3 is 2.13 bits per heavy atom. The van der Waals surface area contributed by atoms with Crippen molar-refractivity contribution in [3.05, 3.63) is 48.0 Å². The number of ketones is 1. The minimum absolute atomic E-state index is 0.0237. The lowest BCUT2D eigenvalue weighted by Gasteiger charge is -2.35. The number of urea groups is 1. The van der Waals surface area contributed by atoms with E-state index in [0.29, 0.717) is 25.7 Å². The van der Waals surface area contributed by atoms with Crippen molar-refractivity contribution in [2.24, 2.45) is 23.2 Å². The molecule has 1 aromatic carbocycles. The molecule has 1 aliphatic heterocycles. The van der Waals surface area contributed by atoms with Crippen molar-refractivity contribution in [2.75, 3.05) is 19.7 Å². The Bertz CT molecular complexity index is 1430. The number of benzene rings is 1. The lowest BCUT2D eigenvalue weighted by molar-refractivity contribution is -0.144. The molecule has 1 saturated heterocycles. The van der Waals surface area contributed by atoms with E-state index < -0.39 is 65.2 Å². The van der Waals surface area contributed by atoms with Gasteiger partial charge < -0.3 is 36.2 Å². The average molecular weight is 725 g/mol. The van der Waals surface area contributed by atoms with Gasteiger partial charge >= 0.3 is 12.1 Å². The molecule has 1 aliphatic carbocycles. The highest BCUT2D eigenvalue weighted by Gasteiger charge is 2.47. The quantitative estimate of drug-likeness (QED) is 0.128. The largest absolute Gasteiger partial charge is 0.447 e. The molecule has 288 valence electrons. The van der Waals surface area contributed by atoms with Gasteiger partial charge in [0, 0.05) is 19.1 Å². The van der Waals surface area contributed by atoms with Gasteiger partial charge in [0.2, 0.25) is 17.6 Å². The van der Waals surface area contributed by atoms with Crippen LogP contribution in [0.2, 0.25) is 0 Å². The van der Waals surface area contributed by atoms with E-state index >= 15 is 0 Å². The van der Waals surface area contributed by atoms with Crippen molar-refractivity contribution < 1.29 is 33.5 Å². The second-order valence-corrected chi connectivity index (χ2v) is 15.7. The lowest BCUT2D eigenvalue weighted by atomic mass is 9.87. The summed E-state index contributed by atoms with van der Waals surface area (Å²) >= 11 is 0. The van der Waals surface area contributed by atoms with Crippen LogP contribution >= 0.6 is 0 Å². The van der Waals surface area contributed by atoms with E-state index in [2.05, 4.69) is 33.2 Å². The predicted molar refractivity (Wildman–Crippen MR) is 199 cm³/mol. The summed E-state index contributed by atoms with van der Waals surface area (Å²) in [5.74, 6) is -2.95. The number of hydrogen-bond acceptors (Lipinski definition) is 7. The fourth-order valence-corrected chi connectivity index (χ4v) is 7.00. The SMILES string of the molecule is C=CCNC(=O)C(=O)C(CCC)NC(=O)[C@@H]1C(C(C)C)CCN1C(=O)[C@@H](NC(=O)N[C@H](COC(=O)NC(C)C)C(C)(C)C)C1Cc2ccccc2C1. The maximum Gasteiger partial charge on any atom is 0.407 e. The molecule has 3 rings (SSSR count). The molecule has 1 fully saturated rings. The molecule has 2 aliphatic rings. The molecule has 52 heavy (non-hydrogen) atoms. The molecule has 1 aromatic rings. The minimum Gasteiger partial charge on any atom is -0.447 e. The fraction of sp³-hybridized carbons (Fsp3) is 0.641. The van der Waals surface area contributed by atoms with Crippen molar-refractivity contribution in [3.63, 3.8) is 0 Å². The minimum atomic E-state index is -1.06. The van der Waals surface area contributed by atoms with E-state index in [4.69, 9.17) is 4.74 Å². The Kier molecular flexibility index (Phi) is 15.3. The third kappa shape index (κ3) is 11.3. The highest BCUT2D eigenvalue weighted by atomic mass is 16.5. The van der Waals surface area contributed by atoms with Gasteiger partial charge in [0.05, 0.1) is 12.1 Å². The summed E-state index contributed by atoms with van der Waals surface area (Å²) < 4.78 is 5.43. The second-order valence-electron chi connectivity index (χ2n) is 15.7. The van der Waals surface area contributed by atoms with Crippen LogP contribution in [0.4, 0.5) is 9.59 Å². The van der Waals surface area contributed by atoms with Crippen LogP contribution in [0, 0.1) is 23.2 Å². The standard InChI is InChI=1S/C39H60N6O7/c1-10-14-29(33(46)35(48)40-18-11-2)42-34(47)32-28(23(3)4)17-19-45(32)36(49)31(27-20-25-15-12-13-16-26(25)21-27)44-37(50)43-30(39(7,8)9)22-52-38(51)41-24(5)6/h11-13,15-16,23-24,27-32H,2,10,14,17-22H2,1,3-9H3,(H,40,48)(H,41,51)(H,42,47)(H2,43,44,50)/t28?,29?,30-,31+,32+/m1/s1. The van der Waals surface area contributed by atoms with Gasteiger partial charge in [0.25, 0.3) is 5.91 Å². The third-order valence-corrected chi connectivity index (χ3v) is 9.94. The highest BCUT2D eigenvalue weighted by molar-refractivity contribution is 6.38. The van der Waals surface area contributed by atoms with Gasteiger partial charge in [-0.1, -0.05) is 78.3 Å². The molecule has 0 saturated carbocycles. The number of alkyl carbamates (subject to hydrolysis) is 1. The van der Waals surface area contributed by atoms with Crippen LogP contribution in [-0.4, -0.2) is 90.4 Å². The maximum absolute atomic E-state index is 14.8. The zero-order valence-electron chi connectivity index (χ0n) is 32.2. The van der Waals surface area contributed by atoms with Crippen molar-refractivity contribution >= 4 is 35.6 Å². The summed E-state index contributed by atoms with van der Waals surface area (Å²) in [5, 5.41) is 13.9. The number of Topliss-reactive ketones (excluding diaryl/α,β-unsaturated/α-hetero) is 1. The lowest BCUT2D eigenvalue weighted by Crippen LogP contribution is -2.61. The second kappa shape index (κ2) is 18.9. The summed E-state index contributed by atoms with van der Waals surface area (Å²) in [5.41, 5.74) is 1.68. The van der Waals surface area contributed by atoms with Gasteiger partial charge in [-0.05, 0) is 73.8 Å². The normalized spacial score (nSPS) is 18.9. The zero-order chi connectivity index (χ0) is 38.7. The number of amides is 6. The van der Waals surface area contributed by atoms with E-state index in [1.54, 1.807) is 4.90 Å². The Balaban J connectivity index is 1.90. The van der Waals surface area contributed by atoms with E-state index in [-0.39, 0.29) is 49.9 Å². The number of carbonyl (C=O) groups excluding carboxylic acids is 6. The first-order chi connectivity index (χ1) is 24.5. The summed E-state index contributed by atoms with van der Waals surface area (Å²) in [6, 6.07) is 3.66. The molecule has 1 heterocycles. The molecule has 0 radical (unpaired) electrons. The molecular formula is C39H60N6O7. The first kappa shape index (κ1) is 42.0. The molecule has 0 bridgehead atoms. The number of hydrogen-bond donors (Lipinski definition) is 5. The number of nitrogens with one attached hydrogen (secondary N) is 5. The van der Waals surface area contributed by atoms with Crippen molar-refractivity contribution in [2.45, 2.75) is 118 Å². The Hall–Kier alpha value is -4.42. The first-order valence-corrected chi connectivity index (χ1v) is 18.6. The predicted octanol–water partition coefficient (Wildman–Crippen LogP) is 3.65. The molecule has 2 unspecified atom stereocenters. The highest BCUT2D eigenvalue weighted by Crippen LogP contribution is 2.35. The fourth-order valence-electron chi connectivity index (χ4n) is 7.00. The Morgan fingerprint density at radius 2 is 1.60 bits per heavy atom. The van der Waals surface area contributed by atoms with E-state index in [0.717, 1.165) is 11.1 Å². The average Bonchev–Trinajstić information content (AvgIpc) is 3.71. The number of carbonyl (C=O) groups is 6. The molecule has 0 aromatic heterocycles. The number of nitrogens with zero attached hydrogens (tertiary/aromatic N) is 1. The monoisotopic (exact) mass is 724 g/mol. The van der Waals surface area contributed by atoms with Crippen LogP contribution in [0.3, 0.4) is 0 Å². The van der Waals surface area contributed by atoms with E-state index in [9.17, 15) is 28.8 Å². The van der Waals surface area contributed by atoms with Gasteiger partial charge in [-0.3, -0.25) is 19.2 Å². The van der Waals surface area contributed by atoms with Crippen LogP contribution in [0.5, 0.6) is 0 Å². The smallest absolute Gasteiger partial charge is 0.407 e. The van der Waals surface area contributed by atoms with Crippen LogP contribution < -0.4 is 26.6 Å². The van der Waals surface area contributed by atoms with E-state index in [1.807, 2.05) is 79.7 Å². The Morgan fingerprint density at radius 1 is 0.962 bits per heavy atom. The molecule has 13 nitrogen and oxygen atoms in total. The third-order valence-electron chi connectivity index (χ3n) is 9.94. The number of ether oxygens (including phenoxy) is 1. The summed E-state index contributed by atoms with van der Waals surface area (Å²) in [4.78, 5) is 82.1. The van der Waals surface area contributed by atoms with Gasteiger partial charge in [-0.2, -0.15) is 0 Å². The number of fused-ring (bicyclic) bond motifs is 1. The molecule has 0 spiro atoms. The number of likely N-dealkylation sites (tertiary alicyclic amines) is 1. The Labute approximate surface area is 308 Å². The maximum atomic E-state index is 14.8. The van der Waals surface area contributed by atoms with E-state index in [1.165, 1.54) is 6.08 Å². The van der Waals surface area contributed by atoms with Gasteiger partial charge in [0.15, 0.2) is 0 Å². The molecular weight excluding hydrogens is 664 g/mol.